The minimum atomic E-state index is 0.433. The number of benzene rings is 1. The van der Waals surface area contributed by atoms with Crippen LogP contribution in [0.5, 0.6) is 0 Å². The molecule has 0 heterocycles. The smallest absolute Gasteiger partial charge is 0.193 e. The van der Waals surface area contributed by atoms with Crippen LogP contribution in [0, 0.1) is 12.8 Å². The molecule has 15 heavy (non-hydrogen) atoms. The largest absolute Gasteiger partial charge is 0.370 e. The van der Waals surface area contributed by atoms with E-state index >= 15 is 0 Å². The summed E-state index contributed by atoms with van der Waals surface area (Å²) < 4.78 is 0. The van der Waals surface area contributed by atoms with Crippen molar-refractivity contribution in [3.63, 3.8) is 0 Å². The molecule has 0 saturated heterocycles. The van der Waals surface area contributed by atoms with Crippen LogP contribution in [0.4, 0.5) is 5.69 Å². The molecule has 0 amide bonds. The zero-order valence-electron chi connectivity index (χ0n) is 9.20. The summed E-state index contributed by atoms with van der Waals surface area (Å²) in [7, 11) is 0. The monoisotopic (exact) mass is 203 g/mol. The molecule has 3 heteroatoms. The predicted octanol–water partition coefficient (Wildman–Crippen LogP) is 2.13. The second-order valence-electron chi connectivity index (χ2n) is 4.29. The molecule has 1 aromatic carbocycles. The standard InChI is InChI=1S/C12H17N3/c1-8-4-3-5-10(6-8)14-12(13)15-11-7-9(11)2/h3-6,9,11H,7H2,1-2H3,(H3,13,14,15). The first-order valence-electron chi connectivity index (χ1n) is 5.32. The van der Waals surface area contributed by atoms with Gasteiger partial charge in [0.25, 0.3) is 0 Å². The van der Waals surface area contributed by atoms with Crippen LogP contribution in [0.25, 0.3) is 0 Å². The molecule has 1 fully saturated rings. The number of nitrogens with one attached hydrogen (secondary N) is 1. The van der Waals surface area contributed by atoms with Crippen LogP contribution in [0.1, 0.15) is 18.9 Å². The number of rotatable bonds is 2. The summed E-state index contributed by atoms with van der Waals surface area (Å²) in [6.07, 6.45) is 1.16. The minimum absolute atomic E-state index is 0.433. The number of nitrogens with zero attached hydrogens (tertiary/aromatic N) is 1. The molecule has 3 N–H and O–H groups in total. The van der Waals surface area contributed by atoms with Crippen LogP contribution in [-0.4, -0.2) is 12.0 Å². The zero-order valence-corrected chi connectivity index (χ0v) is 9.20. The molecule has 2 rings (SSSR count). The molecule has 2 unspecified atom stereocenters. The number of guanidine groups is 1. The van der Waals surface area contributed by atoms with Crippen molar-refractivity contribution in [1.82, 2.24) is 0 Å². The second-order valence-corrected chi connectivity index (χ2v) is 4.29. The summed E-state index contributed by atoms with van der Waals surface area (Å²) in [6, 6.07) is 8.54. The van der Waals surface area contributed by atoms with E-state index in [1.807, 2.05) is 12.1 Å². The lowest BCUT2D eigenvalue weighted by Crippen LogP contribution is -2.23. The van der Waals surface area contributed by atoms with Crippen molar-refractivity contribution in [2.24, 2.45) is 16.6 Å². The van der Waals surface area contributed by atoms with E-state index in [1.54, 1.807) is 0 Å². The van der Waals surface area contributed by atoms with Gasteiger partial charge in [0.2, 0.25) is 0 Å². The molecule has 0 aromatic heterocycles. The van der Waals surface area contributed by atoms with Crippen molar-refractivity contribution in [3.8, 4) is 0 Å². The number of hydrogen-bond acceptors (Lipinski definition) is 1. The Morgan fingerprint density at radius 2 is 2.27 bits per heavy atom. The molecule has 3 nitrogen and oxygen atoms in total. The van der Waals surface area contributed by atoms with Crippen LogP contribution in [0.3, 0.4) is 0 Å². The highest BCUT2D eigenvalue weighted by Crippen LogP contribution is 2.32. The number of hydrogen-bond donors (Lipinski definition) is 2. The van der Waals surface area contributed by atoms with Crippen LogP contribution < -0.4 is 11.1 Å². The maximum atomic E-state index is 5.80. The van der Waals surface area contributed by atoms with Crippen LogP contribution >= 0.6 is 0 Å². The Hall–Kier alpha value is -1.51. The lowest BCUT2D eigenvalue weighted by Gasteiger charge is -2.05. The molecule has 1 aromatic rings. The highest BCUT2D eigenvalue weighted by Gasteiger charge is 2.32. The Balaban J connectivity index is 1.99. The maximum absolute atomic E-state index is 5.80. The summed E-state index contributed by atoms with van der Waals surface area (Å²) in [5, 5.41) is 3.10. The van der Waals surface area contributed by atoms with E-state index in [0.29, 0.717) is 17.9 Å². The summed E-state index contributed by atoms with van der Waals surface area (Å²) >= 11 is 0. The Labute approximate surface area is 90.4 Å². The summed E-state index contributed by atoms with van der Waals surface area (Å²) in [5.74, 6) is 1.22. The fourth-order valence-electron chi connectivity index (χ4n) is 1.56. The topological polar surface area (TPSA) is 50.4 Å². The normalized spacial score (nSPS) is 25.1. The third-order valence-corrected chi connectivity index (χ3v) is 2.66. The van der Waals surface area contributed by atoms with E-state index in [1.165, 1.54) is 5.56 Å². The SMILES string of the molecule is Cc1cccc(NC(N)=NC2CC2C)c1. The molecular weight excluding hydrogens is 186 g/mol. The molecule has 0 aliphatic heterocycles. The maximum Gasteiger partial charge on any atom is 0.193 e. The molecule has 1 aliphatic carbocycles. The van der Waals surface area contributed by atoms with Gasteiger partial charge in [0, 0.05) is 5.69 Å². The van der Waals surface area contributed by atoms with Gasteiger partial charge < -0.3 is 11.1 Å². The summed E-state index contributed by atoms with van der Waals surface area (Å²) in [6.45, 7) is 4.25. The molecule has 0 radical (unpaired) electrons. The number of aryl methyl sites for hydroxylation is 1. The second kappa shape index (κ2) is 3.93. The van der Waals surface area contributed by atoms with Gasteiger partial charge in [-0.05, 0) is 37.0 Å². The number of aliphatic imine (C=N–C) groups is 1. The van der Waals surface area contributed by atoms with Crippen LogP contribution in [0.2, 0.25) is 0 Å². The van der Waals surface area contributed by atoms with E-state index in [-0.39, 0.29) is 0 Å². The first kappa shape index (κ1) is 10.0. The average Bonchev–Trinajstić information content (AvgIpc) is 2.81. The van der Waals surface area contributed by atoms with Gasteiger partial charge in [-0.25, -0.2) is 4.99 Å². The van der Waals surface area contributed by atoms with E-state index < -0.39 is 0 Å². The van der Waals surface area contributed by atoms with Crippen molar-refractivity contribution in [1.29, 1.82) is 0 Å². The van der Waals surface area contributed by atoms with Crippen molar-refractivity contribution in [2.45, 2.75) is 26.3 Å². The average molecular weight is 203 g/mol. The van der Waals surface area contributed by atoms with E-state index in [4.69, 9.17) is 5.73 Å². The third-order valence-electron chi connectivity index (χ3n) is 2.66. The molecule has 1 aliphatic rings. The first-order chi connectivity index (χ1) is 7.15. The molecule has 0 spiro atoms. The highest BCUT2D eigenvalue weighted by molar-refractivity contribution is 5.92. The van der Waals surface area contributed by atoms with Crippen molar-refractivity contribution < 1.29 is 0 Å². The Kier molecular flexibility index (Phi) is 2.62. The van der Waals surface area contributed by atoms with Gasteiger partial charge in [-0.2, -0.15) is 0 Å². The summed E-state index contributed by atoms with van der Waals surface area (Å²) in [5.41, 5.74) is 8.02. The lowest BCUT2D eigenvalue weighted by molar-refractivity contribution is 0.893. The Morgan fingerprint density at radius 3 is 2.87 bits per heavy atom. The van der Waals surface area contributed by atoms with Gasteiger partial charge in [-0.15, -0.1) is 0 Å². The predicted molar refractivity (Wildman–Crippen MR) is 64.0 cm³/mol. The van der Waals surface area contributed by atoms with Crippen LogP contribution in [0.15, 0.2) is 29.3 Å². The van der Waals surface area contributed by atoms with E-state index in [2.05, 4.69) is 36.3 Å². The van der Waals surface area contributed by atoms with Gasteiger partial charge in [-0.3, -0.25) is 0 Å². The van der Waals surface area contributed by atoms with E-state index in [0.717, 1.165) is 12.1 Å². The molecule has 0 bridgehead atoms. The first-order valence-corrected chi connectivity index (χ1v) is 5.32. The Bertz CT molecular complexity index is 384. The summed E-state index contributed by atoms with van der Waals surface area (Å²) in [4.78, 5) is 4.38. The number of nitrogens with two attached hydrogens (primary N) is 1. The van der Waals surface area contributed by atoms with E-state index in [9.17, 15) is 0 Å². The van der Waals surface area contributed by atoms with Gasteiger partial charge in [0.15, 0.2) is 5.96 Å². The van der Waals surface area contributed by atoms with Gasteiger partial charge >= 0.3 is 0 Å². The molecule has 80 valence electrons. The quantitative estimate of drug-likeness (QED) is 0.571. The highest BCUT2D eigenvalue weighted by atomic mass is 15.1. The lowest BCUT2D eigenvalue weighted by atomic mass is 10.2. The van der Waals surface area contributed by atoms with Crippen molar-refractivity contribution in [2.75, 3.05) is 5.32 Å². The van der Waals surface area contributed by atoms with Crippen molar-refractivity contribution >= 4 is 11.6 Å². The van der Waals surface area contributed by atoms with Crippen LogP contribution in [-0.2, 0) is 0 Å². The number of anilines is 1. The van der Waals surface area contributed by atoms with Crippen molar-refractivity contribution in [3.05, 3.63) is 29.8 Å². The fourth-order valence-corrected chi connectivity index (χ4v) is 1.56. The molecule has 2 atom stereocenters. The molecular formula is C12H17N3. The third kappa shape index (κ3) is 2.72. The van der Waals surface area contributed by atoms with Gasteiger partial charge in [-0.1, -0.05) is 19.1 Å². The minimum Gasteiger partial charge on any atom is -0.370 e. The fraction of sp³-hybridized carbons (Fsp3) is 0.417. The van der Waals surface area contributed by atoms with Gasteiger partial charge in [0.05, 0.1) is 6.04 Å². The molecule has 1 saturated carbocycles. The Morgan fingerprint density at radius 1 is 1.53 bits per heavy atom. The zero-order chi connectivity index (χ0) is 10.8. The van der Waals surface area contributed by atoms with Gasteiger partial charge in [0.1, 0.15) is 0 Å².